The smallest absolute Gasteiger partial charge is 0.217 e. The first-order valence-corrected chi connectivity index (χ1v) is 4.47. The molecule has 0 aromatic heterocycles. The quantitative estimate of drug-likeness (QED) is 0.510. The molecule has 0 rings (SSSR count). The summed E-state index contributed by atoms with van der Waals surface area (Å²) >= 11 is 1.57. The fourth-order valence-electron chi connectivity index (χ4n) is 0.609. The van der Waals surface area contributed by atoms with Crippen LogP contribution in [-0.4, -0.2) is 17.0 Å². The molecule has 0 aromatic carbocycles. The molecule has 0 saturated carbocycles. The average molecular weight is 172 g/mol. The van der Waals surface area contributed by atoms with Crippen LogP contribution in [0.2, 0.25) is 0 Å². The second-order valence-corrected chi connectivity index (χ2v) is 3.57. The van der Waals surface area contributed by atoms with Gasteiger partial charge in [0.05, 0.1) is 11.4 Å². The van der Waals surface area contributed by atoms with E-state index in [-0.39, 0.29) is 11.3 Å². The Kier molecular flexibility index (Phi) is 5.67. The number of hydrogen-bond donors (Lipinski definition) is 1. The SMILES string of the molecule is CC(=O)NC(C)SCCC#N. The third kappa shape index (κ3) is 7.20. The van der Waals surface area contributed by atoms with E-state index in [4.69, 9.17) is 5.26 Å². The fraction of sp³-hybridized carbons (Fsp3) is 0.714. The Labute approximate surface area is 71.2 Å². The first kappa shape index (κ1) is 10.3. The van der Waals surface area contributed by atoms with Crippen LogP contribution in [-0.2, 0) is 4.79 Å². The predicted octanol–water partition coefficient (Wildman–Crippen LogP) is 1.12. The van der Waals surface area contributed by atoms with Gasteiger partial charge in [-0.05, 0) is 6.92 Å². The van der Waals surface area contributed by atoms with Crippen molar-refractivity contribution in [2.45, 2.75) is 25.6 Å². The van der Waals surface area contributed by atoms with Crippen LogP contribution >= 0.6 is 11.8 Å². The van der Waals surface area contributed by atoms with Crippen molar-refractivity contribution in [1.82, 2.24) is 5.32 Å². The molecule has 3 nitrogen and oxygen atoms in total. The van der Waals surface area contributed by atoms with E-state index in [1.54, 1.807) is 11.8 Å². The van der Waals surface area contributed by atoms with Crippen LogP contribution in [0.5, 0.6) is 0 Å². The van der Waals surface area contributed by atoms with Gasteiger partial charge in [0, 0.05) is 19.1 Å². The van der Waals surface area contributed by atoms with Crippen LogP contribution in [0.1, 0.15) is 20.3 Å². The predicted molar refractivity (Wildman–Crippen MR) is 46.0 cm³/mol. The Hall–Kier alpha value is -0.690. The molecule has 1 N–H and O–H groups in total. The van der Waals surface area contributed by atoms with Crippen molar-refractivity contribution < 1.29 is 4.79 Å². The summed E-state index contributed by atoms with van der Waals surface area (Å²) in [4.78, 5) is 10.5. The normalized spacial score (nSPS) is 11.7. The largest absolute Gasteiger partial charge is 0.345 e. The number of rotatable bonds is 4. The second-order valence-electron chi connectivity index (χ2n) is 2.12. The molecule has 4 heteroatoms. The molecule has 0 spiro atoms. The molecular formula is C7H12N2OS. The molecule has 62 valence electrons. The van der Waals surface area contributed by atoms with Crippen molar-refractivity contribution in [3.05, 3.63) is 0 Å². The minimum atomic E-state index is -0.0260. The van der Waals surface area contributed by atoms with Gasteiger partial charge in [-0.1, -0.05) is 0 Å². The molecule has 0 aliphatic rings. The van der Waals surface area contributed by atoms with Gasteiger partial charge in [0.25, 0.3) is 0 Å². The Morgan fingerprint density at radius 3 is 2.91 bits per heavy atom. The minimum Gasteiger partial charge on any atom is -0.345 e. The van der Waals surface area contributed by atoms with Crippen molar-refractivity contribution in [2.24, 2.45) is 0 Å². The summed E-state index contributed by atoms with van der Waals surface area (Å²) in [5.74, 6) is 0.750. The molecule has 0 heterocycles. The number of amides is 1. The number of carbonyl (C=O) groups is 1. The number of thioether (sulfide) groups is 1. The third-order valence-corrected chi connectivity index (χ3v) is 2.05. The van der Waals surface area contributed by atoms with Crippen molar-refractivity contribution in [2.75, 3.05) is 5.75 Å². The van der Waals surface area contributed by atoms with Gasteiger partial charge in [0.1, 0.15) is 0 Å². The van der Waals surface area contributed by atoms with E-state index < -0.39 is 0 Å². The second kappa shape index (κ2) is 6.05. The van der Waals surface area contributed by atoms with E-state index in [1.807, 2.05) is 13.0 Å². The van der Waals surface area contributed by atoms with Crippen LogP contribution < -0.4 is 5.32 Å². The maximum atomic E-state index is 10.5. The van der Waals surface area contributed by atoms with Crippen LogP contribution in [0.3, 0.4) is 0 Å². The van der Waals surface area contributed by atoms with Gasteiger partial charge < -0.3 is 5.32 Å². The van der Waals surface area contributed by atoms with Crippen molar-refractivity contribution in [3.8, 4) is 6.07 Å². The maximum absolute atomic E-state index is 10.5. The monoisotopic (exact) mass is 172 g/mol. The lowest BCUT2D eigenvalue weighted by Gasteiger charge is -2.09. The molecule has 1 unspecified atom stereocenters. The first-order chi connectivity index (χ1) is 5.16. The Morgan fingerprint density at radius 1 is 1.82 bits per heavy atom. The van der Waals surface area contributed by atoms with Gasteiger partial charge >= 0.3 is 0 Å². The number of nitrogens with zero attached hydrogens (tertiary/aromatic N) is 1. The number of hydrogen-bond acceptors (Lipinski definition) is 3. The third-order valence-electron chi connectivity index (χ3n) is 0.988. The van der Waals surface area contributed by atoms with Crippen molar-refractivity contribution in [3.63, 3.8) is 0 Å². The Bertz CT molecular complexity index is 164. The number of nitrogens with one attached hydrogen (secondary N) is 1. The zero-order chi connectivity index (χ0) is 8.69. The lowest BCUT2D eigenvalue weighted by Crippen LogP contribution is -2.27. The molecular weight excluding hydrogens is 160 g/mol. The Morgan fingerprint density at radius 2 is 2.45 bits per heavy atom. The zero-order valence-corrected chi connectivity index (χ0v) is 7.57. The lowest BCUT2D eigenvalue weighted by molar-refractivity contribution is -0.119. The molecule has 1 atom stereocenters. The average Bonchev–Trinajstić information content (AvgIpc) is 1.86. The molecule has 0 aliphatic carbocycles. The molecule has 0 fully saturated rings. The van der Waals surface area contributed by atoms with E-state index in [9.17, 15) is 4.79 Å². The fourth-order valence-corrected chi connectivity index (χ4v) is 1.42. The van der Waals surface area contributed by atoms with Crippen molar-refractivity contribution >= 4 is 17.7 Å². The van der Waals surface area contributed by atoms with E-state index >= 15 is 0 Å². The van der Waals surface area contributed by atoms with E-state index in [2.05, 4.69) is 5.32 Å². The summed E-state index contributed by atoms with van der Waals surface area (Å²) in [6, 6.07) is 2.04. The summed E-state index contributed by atoms with van der Waals surface area (Å²) in [7, 11) is 0. The van der Waals surface area contributed by atoms with Crippen molar-refractivity contribution in [1.29, 1.82) is 5.26 Å². The molecule has 11 heavy (non-hydrogen) atoms. The van der Waals surface area contributed by atoms with Crippen LogP contribution in [0.4, 0.5) is 0 Å². The first-order valence-electron chi connectivity index (χ1n) is 3.42. The highest BCUT2D eigenvalue weighted by molar-refractivity contribution is 7.99. The lowest BCUT2D eigenvalue weighted by atomic mass is 10.6. The van der Waals surface area contributed by atoms with E-state index in [1.165, 1.54) is 6.92 Å². The maximum Gasteiger partial charge on any atom is 0.217 e. The van der Waals surface area contributed by atoms with E-state index in [0.717, 1.165) is 5.75 Å². The topological polar surface area (TPSA) is 52.9 Å². The summed E-state index contributed by atoms with van der Waals surface area (Å²) in [6.07, 6.45) is 0.536. The highest BCUT2D eigenvalue weighted by Crippen LogP contribution is 2.07. The van der Waals surface area contributed by atoms with Gasteiger partial charge in [-0.15, -0.1) is 11.8 Å². The summed E-state index contributed by atoms with van der Waals surface area (Å²) in [6.45, 7) is 3.39. The standard InChI is InChI=1S/C7H12N2OS/c1-6(10)9-7(2)11-5-3-4-8/h7H,3,5H2,1-2H3,(H,9,10). The zero-order valence-electron chi connectivity index (χ0n) is 6.76. The van der Waals surface area contributed by atoms with Crippen LogP contribution in [0.25, 0.3) is 0 Å². The van der Waals surface area contributed by atoms with Gasteiger partial charge in [-0.2, -0.15) is 5.26 Å². The molecule has 0 aliphatic heterocycles. The summed E-state index contributed by atoms with van der Waals surface area (Å²) in [5.41, 5.74) is 0. The van der Waals surface area contributed by atoms with Crippen LogP contribution in [0, 0.1) is 11.3 Å². The molecule has 1 amide bonds. The highest BCUT2D eigenvalue weighted by Gasteiger charge is 2.01. The summed E-state index contributed by atoms with van der Waals surface area (Å²) < 4.78 is 0. The van der Waals surface area contributed by atoms with Gasteiger partial charge in [0.15, 0.2) is 0 Å². The molecule has 0 radical (unpaired) electrons. The number of carbonyl (C=O) groups excluding carboxylic acids is 1. The molecule has 0 aromatic rings. The van der Waals surface area contributed by atoms with Gasteiger partial charge in [-0.3, -0.25) is 4.79 Å². The van der Waals surface area contributed by atoms with Gasteiger partial charge in [-0.25, -0.2) is 0 Å². The molecule has 0 saturated heterocycles. The Balaban J connectivity index is 3.31. The molecule has 0 bridgehead atoms. The minimum absolute atomic E-state index is 0.0260. The van der Waals surface area contributed by atoms with E-state index in [0.29, 0.717) is 6.42 Å². The number of nitriles is 1. The summed E-state index contributed by atoms with van der Waals surface area (Å²) in [5, 5.41) is 11.0. The van der Waals surface area contributed by atoms with Gasteiger partial charge in [0.2, 0.25) is 5.91 Å². The highest BCUT2D eigenvalue weighted by atomic mass is 32.2. The van der Waals surface area contributed by atoms with Crippen LogP contribution in [0.15, 0.2) is 0 Å².